The van der Waals surface area contributed by atoms with Crippen LogP contribution in [0.5, 0.6) is 5.75 Å². The summed E-state index contributed by atoms with van der Waals surface area (Å²) in [6.07, 6.45) is 3.79. The van der Waals surface area contributed by atoms with Gasteiger partial charge in [0.2, 0.25) is 0 Å². The number of carbonyl (C=O) groups excluding carboxylic acids is 1. The molecule has 1 aromatic carbocycles. The summed E-state index contributed by atoms with van der Waals surface area (Å²) in [5.41, 5.74) is 1.49. The van der Waals surface area contributed by atoms with Crippen LogP contribution in [0.1, 0.15) is 32.3 Å². The van der Waals surface area contributed by atoms with Crippen molar-refractivity contribution in [1.29, 1.82) is 0 Å². The van der Waals surface area contributed by atoms with Crippen molar-refractivity contribution in [2.75, 3.05) is 13.7 Å². The number of hydrogen-bond donors (Lipinski definition) is 0. The molecule has 1 rings (SSSR count). The lowest BCUT2D eigenvalue weighted by Gasteiger charge is -2.08. The number of rotatable bonds is 6. The van der Waals surface area contributed by atoms with Gasteiger partial charge < -0.3 is 9.47 Å². The molecule has 0 heterocycles. The molecule has 0 amide bonds. The van der Waals surface area contributed by atoms with E-state index >= 15 is 0 Å². The minimum absolute atomic E-state index is 0.267. The minimum Gasteiger partial charge on any atom is -0.497 e. The first-order valence-corrected chi connectivity index (χ1v) is 6.24. The Morgan fingerprint density at radius 2 is 1.89 bits per heavy atom. The number of esters is 1. The number of hydrogen-bond acceptors (Lipinski definition) is 3. The number of carbonyl (C=O) groups is 1. The Hall–Kier alpha value is -1.77. The third-order valence-electron chi connectivity index (χ3n) is 2.53. The number of ether oxygens (including phenoxy) is 2. The van der Waals surface area contributed by atoms with E-state index in [9.17, 15) is 4.79 Å². The van der Waals surface area contributed by atoms with Gasteiger partial charge in [-0.05, 0) is 31.0 Å². The summed E-state index contributed by atoms with van der Waals surface area (Å²) in [6.45, 7) is 4.27. The third kappa shape index (κ3) is 3.91. The van der Waals surface area contributed by atoms with Gasteiger partial charge in [-0.25, -0.2) is 4.79 Å². The maximum Gasteiger partial charge on any atom is 0.338 e. The Bertz CT molecular complexity index is 404. The SMILES string of the molecule is CCCC=C(C(=O)OCC)c1ccc(OC)cc1. The third-order valence-corrected chi connectivity index (χ3v) is 2.53. The predicted octanol–water partition coefficient (Wildman–Crippen LogP) is 3.44. The summed E-state index contributed by atoms with van der Waals surface area (Å²) in [4.78, 5) is 11.9. The minimum atomic E-state index is -0.267. The van der Waals surface area contributed by atoms with Gasteiger partial charge in [0.1, 0.15) is 5.75 Å². The predicted molar refractivity (Wildman–Crippen MR) is 72.5 cm³/mol. The van der Waals surface area contributed by atoms with Gasteiger partial charge in [-0.3, -0.25) is 0 Å². The average Bonchev–Trinajstić information content (AvgIpc) is 2.40. The summed E-state index contributed by atoms with van der Waals surface area (Å²) < 4.78 is 10.2. The molecular formula is C15H20O3. The number of allylic oxidation sites excluding steroid dienone is 1. The summed E-state index contributed by atoms with van der Waals surface area (Å²) in [6, 6.07) is 7.43. The average molecular weight is 248 g/mol. The molecule has 0 fully saturated rings. The van der Waals surface area contributed by atoms with Crippen LogP contribution in [0.4, 0.5) is 0 Å². The van der Waals surface area contributed by atoms with Gasteiger partial charge in [-0.1, -0.05) is 31.6 Å². The van der Waals surface area contributed by atoms with Crippen LogP contribution in [0.2, 0.25) is 0 Å². The Morgan fingerprint density at radius 3 is 2.39 bits per heavy atom. The molecule has 1 aromatic rings. The van der Waals surface area contributed by atoms with E-state index in [0.29, 0.717) is 12.2 Å². The fourth-order valence-corrected chi connectivity index (χ4v) is 1.59. The van der Waals surface area contributed by atoms with E-state index in [1.807, 2.05) is 37.3 Å². The molecule has 0 aliphatic heterocycles. The molecule has 0 aromatic heterocycles. The van der Waals surface area contributed by atoms with Gasteiger partial charge >= 0.3 is 5.97 Å². The van der Waals surface area contributed by atoms with E-state index in [4.69, 9.17) is 9.47 Å². The first-order valence-electron chi connectivity index (χ1n) is 6.24. The maximum atomic E-state index is 11.9. The lowest BCUT2D eigenvalue weighted by molar-refractivity contribution is -0.136. The second-order valence-electron chi connectivity index (χ2n) is 3.86. The summed E-state index contributed by atoms with van der Waals surface area (Å²) >= 11 is 0. The molecule has 0 saturated carbocycles. The maximum absolute atomic E-state index is 11.9. The fourth-order valence-electron chi connectivity index (χ4n) is 1.59. The van der Waals surface area contributed by atoms with E-state index in [-0.39, 0.29) is 5.97 Å². The molecule has 0 unspecified atom stereocenters. The normalized spacial score (nSPS) is 11.2. The van der Waals surface area contributed by atoms with Crippen molar-refractivity contribution >= 4 is 11.5 Å². The Balaban J connectivity index is 2.97. The van der Waals surface area contributed by atoms with Crippen LogP contribution in [-0.4, -0.2) is 19.7 Å². The first kappa shape index (κ1) is 14.3. The summed E-state index contributed by atoms with van der Waals surface area (Å²) in [7, 11) is 1.62. The highest BCUT2D eigenvalue weighted by Gasteiger charge is 2.12. The van der Waals surface area contributed by atoms with Crippen molar-refractivity contribution < 1.29 is 14.3 Å². The van der Waals surface area contributed by atoms with E-state index in [1.165, 1.54) is 0 Å². The number of unbranched alkanes of at least 4 members (excludes halogenated alkanes) is 1. The van der Waals surface area contributed by atoms with Crippen molar-refractivity contribution in [3.05, 3.63) is 35.9 Å². The Morgan fingerprint density at radius 1 is 1.22 bits per heavy atom. The molecule has 0 atom stereocenters. The van der Waals surface area contributed by atoms with E-state index < -0.39 is 0 Å². The van der Waals surface area contributed by atoms with Crippen LogP contribution in [0.3, 0.4) is 0 Å². The van der Waals surface area contributed by atoms with Crippen LogP contribution in [0.15, 0.2) is 30.3 Å². The van der Waals surface area contributed by atoms with Crippen molar-refractivity contribution in [3.63, 3.8) is 0 Å². The van der Waals surface area contributed by atoms with E-state index in [2.05, 4.69) is 6.92 Å². The van der Waals surface area contributed by atoms with Gasteiger partial charge in [0.05, 0.1) is 19.3 Å². The zero-order valence-corrected chi connectivity index (χ0v) is 11.2. The van der Waals surface area contributed by atoms with Crippen molar-refractivity contribution in [3.8, 4) is 5.75 Å². The molecule has 3 heteroatoms. The number of methoxy groups -OCH3 is 1. The monoisotopic (exact) mass is 248 g/mol. The largest absolute Gasteiger partial charge is 0.497 e. The van der Waals surface area contributed by atoms with Crippen LogP contribution in [0, 0.1) is 0 Å². The Labute approximate surface area is 108 Å². The zero-order chi connectivity index (χ0) is 13.4. The highest BCUT2D eigenvalue weighted by Crippen LogP contribution is 2.20. The van der Waals surface area contributed by atoms with Gasteiger partial charge in [0.25, 0.3) is 0 Å². The van der Waals surface area contributed by atoms with Crippen molar-refractivity contribution in [1.82, 2.24) is 0 Å². The molecule has 0 aliphatic carbocycles. The van der Waals surface area contributed by atoms with Gasteiger partial charge in [-0.15, -0.1) is 0 Å². The molecule has 18 heavy (non-hydrogen) atoms. The van der Waals surface area contributed by atoms with Crippen LogP contribution in [-0.2, 0) is 9.53 Å². The lowest BCUT2D eigenvalue weighted by Crippen LogP contribution is -2.07. The quantitative estimate of drug-likeness (QED) is 0.571. The van der Waals surface area contributed by atoms with Gasteiger partial charge in [0.15, 0.2) is 0 Å². The molecule has 3 nitrogen and oxygen atoms in total. The smallest absolute Gasteiger partial charge is 0.338 e. The summed E-state index contributed by atoms with van der Waals surface area (Å²) in [5, 5.41) is 0. The summed E-state index contributed by atoms with van der Waals surface area (Å²) in [5.74, 6) is 0.508. The van der Waals surface area contributed by atoms with Crippen molar-refractivity contribution in [2.45, 2.75) is 26.7 Å². The van der Waals surface area contributed by atoms with Crippen LogP contribution < -0.4 is 4.74 Å². The second-order valence-corrected chi connectivity index (χ2v) is 3.86. The van der Waals surface area contributed by atoms with Crippen LogP contribution >= 0.6 is 0 Å². The molecule has 0 N–H and O–H groups in total. The molecule has 0 spiro atoms. The molecule has 98 valence electrons. The lowest BCUT2D eigenvalue weighted by atomic mass is 10.0. The van der Waals surface area contributed by atoms with Crippen LogP contribution in [0.25, 0.3) is 5.57 Å². The first-order chi connectivity index (χ1) is 8.72. The highest BCUT2D eigenvalue weighted by molar-refractivity contribution is 6.16. The zero-order valence-electron chi connectivity index (χ0n) is 11.2. The van der Waals surface area contributed by atoms with E-state index in [0.717, 1.165) is 24.2 Å². The fraction of sp³-hybridized carbons (Fsp3) is 0.400. The second kappa shape index (κ2) is 7.54. The molecule has 0 saturated heterocycles. The topological polar surface area (TPSA) is 35.5 Å². The Kier molecular flexibility index (Phi) is 5.98. The molecular weight excluding hydrogens is 228 g/mol. The van der Waals surface area contributed by atoms with Gasteiger partial charge in [-0.2, -0.15) is 0 Å². The number of benzene rings is 1. The molecule has 0 aliphatic rings. The highest BCUT2D eigenvalue weighted by atomic mass is 16.5. The molecule has 0 bridgehead atoms. The molecule has 0 radical (unpaired) electrons. The van der Waals surface area contributed by atoms with E-state index in [1.54, 1.807) is 7.11 Å². The van der Waals surface area contributed by atoms with Crippen molar-refractivity contribution in [2.24, 2.45) is 0 Å². The van der Waals surface area contributed by atoms with Gasteiger partial charge in [0, 0.05) is 0 Å². The standard InChI is InChI=1S/C15H20O3/c1-4-6-7-14(15(16)18-5-2)12-8-10-13(17-3)11-9-12/h7-11H,4-6H2,1-3H3.